The third-order valence-electron chi connectivity index (χ3n) is 5.77. The van der Waals surface area contributed by atoms with E-state index in [0.717, 1.165) is 30.7 Å². The van der Waals surface area contributed by atoms with Crippen LogP contribution < -0.4 is 19.9 Å². The first kappa shape index (κ1) is 22.4. The van der Waals surface area contributed by atoms with Crippen molar-refractivity contribution in [2.24, 2.45) is 0 Å². The molecule has 4 rings (SSSR count). The van der Waals surface area contributed by atoms with Gasteiger partial charge in [-0.25, -0.2) is 4.57 Å². The van der Waals surface area contributed by atoms with Crippen LogP contribution in [-0.4, -0.2) is 14.1 Å². The average Bonchev–Trinajstić information content (AvgIpc) is 2.83. The van der Waals surface area contributed by atoms with Crippen molar-refractivity contribution in [3.05, 3.63) is 120 Å². The molecule has 0 fully saturated rings. The Hall–Kier alpha value is -3.79. The van der Waals surface area contributed by atoms with Gasteiger partial charge in [-0.1, -0.05) is 54.6 Å². The summed E-state index contributed by atoms with van der Waals surface area (Å²) in [5.41, 5.74) is 12.9. The van der Waals surface area contributed by atoms with E-state index in [0.29, 0.717) is 12.3 Å². The number of hydrogen-bond donors (Lipinski definition) is 1. The second kappa shape index (κ2) is 10.7. The van der Waals surface area contributed by atoms with Gasteiger partial charge in [0.05, 0.1) is 0 Å². The number of nitrogens with zero attached hydrogens (tertiary/aromatic N) is 2. The summed E-state index contributed by atoms with van der Waals surface area (Å²) < 4.78 is 8.04. The molecule has 0 atom stereocenters. The second-order valence-electron chi connectivity index (χ2n) is 8.62. The number of benzene rings is 3. The molecule has 4 nitrogen and oxygen atoms in total. The number of hydrogen-bond acceptors (Lipinski definition) is 3. The van der Waals surface area contributed by atoms with Gasteiger partial charge in [-0.15, -0.1) is 0 Å². The maximum Gasteiger partial charge on any atom is 0.173 e. The maximum atomic E-state index is 5.83. The van der Waals surface area contributed by atoms with Crippen molar-refractivity contribution in [1.29, 1.82) is 0 Å². The Balaban J connectivity index is 1.25. The van der Waals surface area contributed by atoms with E-state index >= 15 is 0 Å². The fourth-order valence-corrected chi connectivity index (χ4v) is 3.74. The minimum atomic E-state index is 0.543. The Kier molecular flexibility index (Phi) is 7.26. The predicted molar refractivity (Wildman–Crippen MR) is 136 cm³/mol. The lowest BCUT2D eigenvalue weighted by molar-refractivity contribution is -0.688. The Morgan fingerprint density at radius 2 is 1.30 bits per heavy atom. The van der Waals surface area contributed by atoms with Crippen molar-refractivity contribution in [3.63, 3.8) is 0 Å². The largest absolute Gasteiger partial charge is 0.489 e. The van der Waals surface area contributed by atoms with Crippen LogP contribution in [0.1, 0.15) is 22.3 Å². The molecule has 2 N–H and O–H groups in total. The first-order valence-electron chi connectivity index (χ1n) is 11.4. The lowest BCUT2D eigenvalue weighted by Gasteiger charge is -2.10. The van der Waals surface area contributed by atoms with Crippen LogP contribution in [0.15, 0.2) is 97.3 Å². The molecule has 0 unspecified atom stereocenters. The van der Waals surface area contributed by atoms with E-state index in [9.17, 15) is 0 Å². The van der Waals surface area contributed by atoms with Gasteiger partial charge >= 0.3 is 0 Å². The number of rotatable bonds is 9. The number of anilines is 2. The lowest BCUT2D eigenvalue weighted by atomic mass is 10.0. The predicted octanol–water partition coefficient (Wildman–Crippen LogP) is 5.03. The van der Waals surface area contributed by atoms with Gasteiger partial charge in [0.15, 0.2) is 18.9 Å². The van der Waals surface area contributed by atoms with Gasteiger partial charge in [0.1, 0.15) is 12.4 Å². The number of aromatic nitrogens is 1. The number of nitrogen functional groups attached to an aromatic ring is 1. The van der Waals surface area contributed by atoms with E-state index in [1.54, 1.807) is 0 Å². The third-order valence-corrected chi connectivity index (χ3v) is 5.77. The molecule has 0 aliphatic carbocycles. The van der Waals surface area contributed by atoms with Gasteiger partial charge in [0, 0.05) is 49.2 Å². The zero-order chi connectivity index (χ0) is 23.0. The Morgan fingerprint density at radius 1 is 0.727 bits per heavy atom. The highest BCUT2D eigenvalue weighted by atomic mass is 16.5. The molecule has 3 aromatic carbocycles. The van der Waals surface area contributed by atoms with Gasteiger partial charge in [0.2, 0.25) is 0 Å². The first-order chi connectivity index (χ1) is 16.0. The van der Waals surface area contributed by atoms with Crippen molar-refractivity contribution < 1.29 is 9.30 Å². The number of ether oxygens (including phenoxy) is 1. The van der Waals surface area contributed by atoms with E-state index in [2.05, 4.69) is 96.6 Å². The summed E-state index contributed by atoms with van der Waals surface area (Å²) in [4.78, 5) is 2.11. The van der Waals surface area contributed by atoms with Gasteiger partial charge in [-0.3, -0.25) is 0 Å². The van der Waals surface area contributed by atoms with Crippen LogP contribution in [0.5, 0.6) is 5.75 Å². The monoisotopic (exact) mass is 438 g/mol. The SMILES string of the molecule is CN(C)c1cc[n+](Cc2ccc(CCc3ccc(COc4cccc(N)c4)cc3)cc2)cc1. The number of nitrogens with two attached hydrogens (primary N) is 1. The van der Waals surface area contributed by atoms with Crippen molar-refractivity contribution in [2.75, 3.05) is 24.7 Å². The highest BCUT2D eigenvalue weighted by molar-refractivity contribution is 5.43. The summed E-state index contributed by atoms with van der Waals surface area (Å²) in [6.07, 6.45) is 6.32. The summed E-state index contributed by atoms with van der Waals surface area (Å²) in [6.45, 7) is 1.42. The fourth-order valence-electron chi connectivity index (χ4n) is 3.74. The summed E-state index contributed by atoms with van der Waals surface area (Å²) in [5, 5.41) is 0. The molecule has 1 heterocycles. The van der Waals surface area contributed by atoms with Gasteiger partial charge in [0.25, 0.3) is 0 Å². The standard InChI is InChI=1S/C29H32N3O/c1-31(2)28-16-18-32(19-17-28)21-25-12-8-23(9-13-25)6-7-24-10-14-26(15-11-24)22-33-29-5-3-4-27(30)20-29/h3-5,8-20H,6-7,21-22,30H2,1-2H3/q+1. The van der Waals surface area contributed by atoms with Crippen LogP contribution in [0.4, 0.5) is 11.4 Å². The van der Waals surface area contributed by atoms with Crippen LogP contribution in [0.25, 0.3) is 0 Å². The normalized spacial score (nSPS) is 10.7. The van der Waals surface area contributed by atoms with Crippen LogP contribution in [-0.2, 0) is 26.0 Å². The Bertz CT molecular complexity index is 1150. The maximum absolute atomic E-state index is 5.83. The smallest absolute Gasteiger partial charge is 0.173 e. The molecule has 0 radical (unpaired) electrons. The minimum Gasteiger partial charge on any atom is -0.489 e. The van der Waals surface area contributed by atoms with Crippen molar-refractivity contribution in [3.8, 4) is 5.75 Å². The molecule has 0 aliphatic rings. The van der Waals surface area contributed by atoms with Crippen LogP contribution in [0.2, 0.25) is 0 Å². The molecular formula is C29H32N3O+. The molecule has 0 spiro atoms. The molecule has 0 saturated heterocycles. The number of aryl methyl sites for hydroxylation is 2. The van der Waals surface area contributed by atoms with E-state index in [1.807, 2.05) is 24.3 Å². The van der Waals surface area contributed by atoms with Crippen molar-refractivity contribution in [1.82, 2.24) is 0 Å². The molecule has 4 heteroatoms. The third kappa shape index (κ3) is 6.59. The molecular weight excluding hydrogens is 406 g/mol. The Morgan fingerprint density at radius 3 is 1.88 bits per heavy atom. The van der Waals surface area contributed by atoms with Gasteiger partial charge in [-0.05, 0) is 41.7 Å². The second-order valence-corrected chi connectivity index (χ2v) is 8.62. The highest BCUT2D eigenvalue weighted by Crippen LogP contribution is 2.17. The average molecular weight is 439 g/mol. The summed E-state index contributed by atoms with van der Waals surface area (Å²) >= 11 is 0. The van der Waals surface area contributed by atoms with E-state index in [4.69, 9.17) is 10.5 Å². The Labute approximate surface area is 196 Å². The first-order valence-corrected chi connectivity index (χ1v) is 11.4. The minimum absolute atomic E-state index is 0.543. The zero-order valence-corrected chi connectivity index (χ0v) is 19.4. The quantitative estimate of drug-likeness (QED) is 0.294. The van der Waals surface area contributed by atoms with Crippen LogP contribution in [0, 0.1) is 0 Å². The van der Waals surface area contributed by atoms with Gasteiger partial charge in [-0.2, -0.15) is 0 Å². The van der Waals surface area contributed by atoms with E-state index < -0.39 is 0 Å². The molecule has 4 aromatic rings. The van der Waals surface area contributed by atoms with Crippen molar-refractivity contribution >= 4 is 11.4 Å². The van der Waals surface area contributed by atoms with E-state index in [1.165, 1.54) is 22.4 Å². The lowest BCUT2D eigenvalue weighted by Crippen LogP contribution is -2.33. The molecule has 0 bridgehead atoms. The van der Waals surface area contributed by atoms with E-state index in [-0.39, 0.29) is 0 Å². The molecule has 0 amide bonds. The van der Waals surface area contributed by atoms with Gasteiger partial charge < -0.3 is 15.4 Å². The topological polar surface area (TPSA) is 42.4 Å². The molecule has 33 heavy (non-hydrogen) atoms. The highest BCUT2D eigenvalue weighted by Gasteiger charge is 2.05. The fraction of sp³-hybridized carbons (Fsp3) is 0.207. The molecule has 1 aromatic heterocycles. The zero-order valence-electron chi connectivity index (χ0n) is 19.4. The summed E-state index contributed by atoms with van der Waals surface area (Å²) in [6, 6.07) is 29.5. The van der Waals surface area contributed by atoms with Crippen molar-refractivity contribution in [2.45, 2.75) is 26.0 Å². The number of pyridine rings is 1. The molecule has 168 valence electrons. The summed E-state index contributed by atoms with van der Waals surface area (Å²) in [5.74, 6) is 0.798. The van der Waals surface area contributed by atoms with Crippen LogP contribution in [0.3, 0.4) is 0 Å². The van der Waals surface area contributed by atoms with Crippen LogP contribution >= 0.6 is 0 Å². The summed E-state index contributed by atoms with van der Waals surface area (Å²) in [7, 11) is 4.12. The molecule has 0 aliphatic heterocycles. The molecule has 0 saturated carbocycles.